The van der Waals surface area contributed by atoms with Gasteiger partial charge < -0.3 is 10.6 Å². The zero-order valence-corrected chi connectivity index (χ0v) is 14.4. The molecule has 1 aromatic heterocycles. The lowest BCUT2D eigenvalue weighted by Gasteiger charge is -2.10. The van der Waals surface area contributed by atoms with E-state index in [1.807, 2.05) is 31.2 Å². The van der Waals surface area contributed by atoms with E-state index in [1.165, 1.54) is 12.3 Å². The van der Waals surface area contributed by atoms with Crippen molar-refractivity contribution in [1.29, 1.82) is 0 Å². The van der Waals surface area contributed by atoms with Crippen LogP contribution in [0, 0.1) is 24.4 Å². The summed E-state index contributed by atoms with van der Waals surface area (Å²) in [5, 5.41) is 5.35. The highest BCUT2D eigenvalue weighted by molar-refractivity contribution is 6.03. The van der Waals surface area contributed by atoms with Crippen molar-refractivity contribution in [3.05, 3.63) is 89.0 Å². The average molecular weight is 371 g/mol. The van der Waals surface area contributed by atoms with Crippen LogP contribution in [0.4, 0.5) is 24.5 Å². The van der Waals surface area contributed by atoms with Crippen LogP contribution in [0.3, 0.4) is 0 Å². The summed E-state index contributed by atoms with van der Waals surface area (Å²) < 4.78 is 39.9. The molecule has 0 spiro atoms. The SMILES string of the molecule is Cc1ccc(CNc2ccnc(C(=O)Nc3ccc(F)c(F)c3F)c2)cc1. The largest absolute Gasteiger partial charge is 0.381 e. The molecule has 3 aromatic rings. The topological polar surface area (TPSA) is 54.0 Å². The van der Waals surface area contributed by atoms with Crippen LogP contribution < -0.4 is 10.6 Å². The third-order valence-corrected chi connectivity index (χ3v) is 3.89. The summed E-state index contributed by atoms with van der Waals surface area (Å²) in [7, 11) is 0. The quantitative estimate of drug-likeness (QED) is 0.641. The molecule has 0 saturated carbocycles. The number of amides is 1. The van der Waals surface area contributed by atoms with E-state index in [0.717, 1.165) is 23.3 Å². The zero-order chi connectivity index (χ0) is 19.4. The summed E-state index contributed by atoms with van der Waals surface area (Å²) >= 11 is 0. The Labute approximate surface area is 154 Å². The van der Waals surface area contributed by atoms with Crippen LogP contribution in [0.5, 0.6) is 0 Å². The van der Waals surface area contributed by atoms with Gasteiger partial charge >= 0.3 is 0 Å². The molecule has 7 heteroatoms. The molecule has 0 unspecified atom stereocenters. The number of hydrogen-bond acceptors (Lipinski definition) is 3. The van der Waals surface area contributed by atoms with Crippen LogP contribution in [-0.2, 0) is 6.54 Å². The van der Waals surface area contributed by atoms with Gasteiger partial charge in [-0.05, 0) is 36.8 Å². The third-order valence-electron chi connectivity index (χ3n) is 3.89. The van der Waals surface area contributed by atoms with Crippen LogP contribution in [0.15, 0.2) is 54.7 Å². The fourth-order valence-corrected chi connectivity index (χ4v) is 2.38. The minimum atomic E-state index is -1.64. The molecular weight excluding hydrogens is 355 g/mol. The van der Waals surface area contributed by atoms with Crippen LogP contribution in [0.1, 0.15) is 21.6 Å². The van der Waals surface area contributed by atoms with E-state index >= 15 is 0 Å². The summed E-state index contributed by atoms with van der Waals surface area (Å²) in [5.41, 5.74) is 2.41. The number of rotatable bonds is 5. The summed E-state index contributed by atoms with van der Waals surface area (Å²) in [5.74, 6) is -5.17. The Morgan fingerprint density at radius 2 is 1.74 bits per heavy atom. The van der Waals surface area contributed by atoms with Gasteiger partial charge in [-0.2, -0.15) is 0 Å². The molecule has 0 radical (unpaired) electrons. The van der Waals surface area contributed by atoms with Gasteiger partial charge in [0, 0.05) is 18.4 Å². The van der Waals surface area contributed by atoms with Crippen molar-refractivity contribution in [1.82, 2.24) is 4.98 Å². The van der Waals surface area contributed by atoms with Crippen molar-refractivity contribution in [2.24, 2.45) is 0 Å². The Hall–Kier alpha value is -3.35. The van der Waals surface area contributed by atoms with Gasteiger partial charge in [-0.1, -0.05) is 29.8 Å². The van der Waals surface area contributed by atoms with Gasteiger partial charge in [-0.3, -0.25) is 9.78 Å². The zero-order valence-electron chi connectivity index (χ0n) is 14.4. The fourth-order valence-electron chi connectivity index (χ4n) is 2.38. The van der Waals surface area contributed by atoms with Crippen molar-refractivity contribution in [2.75, 3.05) is 10.6 Å². The Bertz CT molecular complexity index is 975. The van der Waals surface area contributed by atoms with Gasteiger partial charge in [0.1, 0.15) is 5.69 Å². The molecule has 2 aromatic carbocycles. The lowest BCUT2D eigenvalue weighted by atomic mass is 10.1. The lowest BCUT2D eigenvalue weighted by Crippen LogP contribution is -2.15. The number of nitrogens with one attached hydrogen (secondary N) is 2. The number of aromatic nitrogens is 1. The van der Waals surface area contributed by atoms with Crippen LogP contribution in [0.2, 0.25) is 0 Å². The molecule has 27 heavy (non-hydrogen) atoms. The Kier molecular flexibility index (Phi) is 5.40. The molecule has 3 rings (SSSR count). The van der Waals surface area contributed by atoms with Crippen LogP contribution >= 0.6 is 0 Å². The Morgan fingerprint density at radius 1 is 1.00 bits per heavy atom. The van der Waals surface area contributed by atoms with Gasteiger partial charge in [-0.25, -0.2) is 13.2 Å². The van der Waals surface area contributed by atoms with E-state index in [0.29, 0.717) is 12.2 Å². The van der Waals surface area contributed by atoms with Crippen LogP contribution in [-0.4, -0.2) is 10.9 Å². The number of nitrogens with zero attached hydrogens (tertiary/aromatic N) is 1. The number of carbonyl (C=O) groups excluding carboxylic acids is 1. The molecular formula is C20H16F3N3O. The molecule has 138 valence electrons. The standard InChI is InChI=1S/C20H16F3N3O/c1-12-2-4-13(5-3-12)11-25-14-8-9-24-17(10-14)20(27)26-16-7-6-15(21)18(22)19(16)23/h2-10H,11H2,1H3,(H,24,25)(H,26,27). The van der Waals surface area contributed by atoms with Gasteiger partial charge in [0.05, 0.1) is 5.69 Å². The van der Waals surface area contributed by atoms with Crippen LogP contribution in [0.25, 0.3) is 0 Å². The molecule has 4 nitrogen and oxygen atoms in total. The highest BCUT2D eigenvalue weighted by atomic mass is 19.2. The van der Waals surface area contributed by atoms with E-state index in [4.69, 9.17) is 0 Å². The highest BCUT2D eigenvalue weighted by Crippen LogP contribution is 2.20. The number of anilines is 2. The molecule has 1 heterocycles. The molecule has 0 bridgehead atoms. The molecule has 0 aliphatic carbocycles. The average Bonchev–Trinajstić information content (AvgIpc) is 2.68. The van der Waals surface area contributed by atoms with E-state index in [1.54, 1.807) is 6.07 Å². The Morgan fingerprint density at radius 3 is 2.48 bits per heavy atom. The van der Waals surface area contributed by atoms with Crippen molar-refractivity contribution < 1.29 is 18.0 Å². The molecule has 2 N–H and O–H groups in total. The first kappa shape index (κ1) is 18.4. The molecule has 0 fully saturated rings. The van der Waals surface area contributed by atoms with Gasteiger partial charge in [0.2, 0.25) is 0 Å². The van der Waals surface area contributed by atoms with Crippen molar-refractivity contribution >= 4 is 17.3 Å². The molecule has 0 aliphatic heterocycles. The smallest absolute Gasteiger partial charge is 0.274 e. The molecule has 0 atom stereocenters. The number of pyridine rings is 1. The number of benzene rings is 2. The lowest BCUT2D eigenvalue weighted by molar-refractivity contribution is 0.102. The molecule has 0 saturated heterocycles. The fraction of sp³-hybridized carbons (Fsp3) is 0.100. The maximum absolute atomic E-state index is 13.7. The first-order chi connectivity index (χ1) is 12.9. The number of carbonyl (C=O) groups is 1. The second-order valence-electron chi connectivity index (χ2n) is 5.95. The monoisotopic (exact) mass is 371 g/mol. The summed E-state index contributed by atoms with van der Waals surface area (Å²) in [6, 6.07) is 12.8. The summed E-state index contributed by atoms with van der Waals surface area (Å²) in [4.78, 5) is 16.2. The van der Waals surface area contributed by atoms with Gasteiger partial charge in [-0.15, -0.1) is 0 Å². The van der Waals surface area contributed by atoms with E-state index in [-0.39, 0.29) is 5.69 Å². The predicted octanol–water partition coefficient (Wildman–Crippen LogP) is 4.67. The summed E-state index contributed by atoms with van der Waals surface area (Å²) in [6.07, 6.45) is 1.42. The van der Waals surface area contributed by atoms with E-state index < -0.39 is 29.0 Å². The number of aryl methyl sites for hydroxylation is 1. The first-order valence-corrected chi connectivity index (χ1v) is 8.14. The molecule has 1 amide bonds. The van der Waals surface area contributed by atoms with Gasteiger partial charge in [0.15, 0.2) is 17.5 Å². The van der Waals surface area contributed by atoms with Gasteiger partial charge in [0.25, 0.3) is 5.91 Å². The Balaban J connectivity index is 1.70. The normalized spacial score (nSPS) is 10.5. The highest BCUT2D eigenvalue weighted by Gasteiger charge is 2.16. The van der Waals surface area contributed by atoms with Crippen molar-refractivity contribution in [2.45, 2.75) is 13.5 Å². The maximum atomic E-state index is 13.7. The van der Waals surface area contributed by atoms with E-state index in [2.05, 4.69) is 15.6 Å². The number of hydrogen-bond donors (Lipinski definition) is 2. The van der Waals surface area contributed by atoms with Crippen molar-refractivity contribution in [3.63, 3.8) is 0 Å². The predicted molar refractivity (Wildman–Crippen MR) is 97.0 cm³/mol. The second-order valence-corrected chi connectivity index (χ2v) is 5.95. The van der Waals surface area contributed by atoms with E-state index in [9.17, 15) is 18.0 Å². The minimum Gasteiger partial charge on any atom is -0.381 e. The number of halogens is 3. The minimum absolute atomic E-state index is 0.00744. The summed E-state index contributed by atoms with van der Waals surface area (Å²) in [6.45, 7) is 2.55. The first-order valence-electron chi connectivity index (χ1n) is 8.14. The molecule has 0 aliphatic rings. The van der Waals surface area contributed by atoms with Crippen molar-refractivity contribution in [3.8, 4) is 0 Å². The third kappa shape index (κ3) is 4.44. The second kappa shape index (κ2) is 7.90. The maximum Gasteiger partial charge on any atom is 0.274 e.